The summed E-state index contributed by atoms with van der Waals surface area (Å²) < 4.78 is 29.6. The van der Waals surface area contributed by atoms with Gasteiger partial charge in [-0.05, 0) is 43.5 Å². The first kappa shape index (κ1) is 20.5. The minimum Gasteiger partial charge on any atom is -0.362 e. The maximum Gasteiger partial charge on any atom is 0.250 e. The lowest BCUT2D eigenvalue weighted by Crippen LogP contribution is -2.58. The number of hydrogen-bond acceptors (Lipinski definition) is 5. The number of fused-ring (bicyclic) bond motifs is 1. The van der Waals surface area contributed by atoms with Gasteiger partial charge in [-0.25, -0.2) is 4.39 Å². The summed E-state index contributed by atoms with van der Waals surface area (Å²) in [5, 5.41) is 14.1. The van der Waals surface area contributed by atoms with Crippen LogP contribution < -0.4 is 10.6 Å². The number of rotatable bonds is 3. The van der Waals surface area contributed by atoms with Gasteiger partial charge in [0.05, 0.1) is 17.2 Å². The van der Waals surface area contributed by atoms with Gasteiger partial charge in [0.15, 0.2) is 6.17 Å². The molecule has 0 fully saturated rings. The highest BCUT2D eigenvalue weighted by Gasteiger charge is 2.55. The summed E-state index contributed by atoms with van der Waals surface area (Å²) in [6.07, 6.45) is 2.96. The molecule has 1 aromatic heterocycles. The Morgan fingerprint density at radius 3 is 2.78 bits per heavy atom. The number of benzene rings is 1. The van der Waals surface area contributed by atoms with Crippen molar-refractivity contribution in [2.24, 2.45) is 10.2 Å². The Bertz CT molecular complexity index is 1230. The molecule has 4 heterocycles. The van der Waals surface area contributed by atoms with Crippen LogP contribution in [0.4, 0.5) is 8.78 Å². The molecule has 3 aliphatic heterocycles. The molecular formula is C24H23F2N5O. The second kappa shape index (κ2) is 7.05. The molecule has 0 bridgehead atoms. The fraction of sp³-hybridized carbons (Fsp3) is 0.333. The Balaban J connectivity index is 1.78. The zero-order valence-electron chi connectivity index (χ0n) is 18.0. The molecule has 32 heavy (non-hydrogen) atoms. The lowest BCUT2D eigenvalue weighted by Gasteiger charge is -2.48. The average molecular weight is 435 g/mol. The van der Waals surface area contributed by atoms with Crippen molar-refractivity contribution in [3.8, 4) is 11.1 Å². The molecule has 3 aliphatic rings. The van der Waals surface area contributed by atoms with Crippen molar-refractivity contribution in [1.29, 1.82) is 0 Å². The Morgan fingerprint density at radius 2 is 2.03 bits per heavy atom. The van der Waals surface area contributed by atoms with Crippen molar-refractivity contribution >= 4 is 5.91 Å². The molecule has 2 aromatic rings. The van der Waals surface area contributed by atoms with Crippen molar-refractivity contribution in [3.63, 3.8) is 0 Å². The van der Waals surface area contributed by atoms with Gasteiger partial charge in [0, 0.05) is 35.0 Å². The van der Waals surface area contributed by atoms with Gasteiger partial charge in [-0.15, -0.1) is 5.11 Å². The first-order chi connectivity index (χ1) is 15.3. The van der Waals surface area contributed by atoms with E-state index in [-0.39, 0.29) is 5.91 Å². The molecule has 164 valence electrons. The third-order valence-electron chi connectivity index (χ3n) is 6.52. The van der Waals surface area contributed by atoms with Gasteiger partial charge in [0.1, 0.15) is 5.82 Å². The normalized spacial score (nSPS) is 25.9. The summed E-state index contributed by atoms with van der Waals surface area (Å²) in [5.74, 6) is -1.39. The number of halogens is 2. The summed E-state index contributed by atoms with van der Waals surface area (Å²) >= 11 is 0. The van der Waals surface area contributed by atoms with Crippen molar-refractivity contribution < 1.29 is 13.6 Å². The minimum absolute atomic E-state index is 0.253. The van der Waals surface area contributed by atoms with E-state index < -0.39 is 28.9 Å². The number of pyridine rings is 1. The molecule has 2 N–H and O–H groups in total. The van der Waals surface area contributed by atoms with Crippen LogP contribution in [0.3, 0.4) is 0 Å². The van der Waals surface area contributed by atoms with E-state index in [1.807, 2.05) is 32.9 Å². The summed E-state index contributed by atoms with van der Waals surface area (Å²) in [4.78, 5) is 17.2. The minimum atomic E-state index is -1.08. The van der Waals surface area contributed by atoms with Gasteiger partial charge in [-0.1, -0.05) is 25.1 Å². The van der Waals surface area contributed by atoms with Gasteiger partial charge >= 0.3 is 0 Å². The molecule has 1 amide bonds. The van der Waals surface area contributed by atoms with Crippen LogP contribution in [-0.2, 0) is 10.2 Å². The highest BCUT2D eigenvalue weighted by molar-refractivity contribution is 6.00. The second-order valence-corrected chi connectivity index (χ2v) is 9.03. The van der Waals surface area contributed by atoms with Gasteiger partial charge in [-0.2, -0.15) is 9.50 Å². The van der Waals surface area contributed by atoms with Crippen LogP contribution in [0.5, 0.6) is 0 Å². The first-order valence-electron chi connectivity index (χ1n) is 10.6. The molecule has 1 aromatic carbocycles. The number of carbonyl (C=O) groups excluding carboxylic acids is 1. The Hall–Kier alpha value is -3.42. The van der Waals surface area contributed by atoms with Crippen LogP contribution >= 0.6 is 0 Å². The standard InChI is InChI=1S/C24H23F2N5O/c1-4-24(14-7-5-6-13(10-14)15-8-9-27-12-16(15)25)18-17(11-23(2,3)29-22(18)32)28-21-19(24)20(26)30-31-21/h5-10,12,21,28H,4,11H2,1-3H3,(H,29,32)/t21?,24-/m1/s1. The second-order valence-electron chi connectivity index (χ2n) is 9.03. The summed E-state index contributed by atoms with van der Waals surface area (Å²) in [6, 6.07) is 8.85. The molecule has 0 aliphatic carbocycles. The molecule has 5 rings (SSSR count). The van der Waals surface area contributed by atoms with Gasteiger partial charge in [0.2, 0.25) is 5.95 Å². The fourth-order valence-electron chi connectivity index (χ4n) is 5.23. The van der Waals surface area contributed by atoms with Crippen LogP contribution in [0.2, 0.25) is 0 Å². The topological polar surface area (TPSA) is 78.7 Å². The maximum atomic E-state index is 15.1. The first-order valence-corrected chi connectivity index (χ1v) is 10.6. The van der Waals surface area contributed by atoms with E-state index >= 15 is 4.39 Å². The van der Waals surface area contributed by atoms with Gasteiger partial charge < -0.3 is 10.6 Å². The third-order valence-corrected chi connectivity index (χ3v) is 6.52. The molecule has 0 spiro atoms. The number of carbonyl (C=O) groups is 1. The van der Waals surface area contributed by atoms with E-state index in [9.17, 15) is 9.18 Å². The molecule has 6 nitrogen and oxygen atoms in total. The third kappa shape index (κ3) is 2.89. The van der Waals surface area contributed by atoms with E-state index in [2.05, 4.69) is 25.8 Å². The predicted octanol–water partition coefficient (Wildman–Crippen LogP) is 4.66. The number of nitrogens with zero attached hydrogens (tertiary/aromatic N) is 3. The highest BCUT2D eigenvalue weighted by atomic mass is 19.1. The largest absolute Gasteiger partial charge is 0.362 e. The molecule has 0 saturated heterocycles. The van der Waals surface area contributed by atoms with Crippen LogP contribution in [-0.4, -0.2) is 22.6 Å². The van der Waals surface area contributed by atoms with E-state index in [4.69, 9.17) is 0 Å². The lowest BCUT2D eigenvalue weighted by molar-refractivity contribution is -0.120. The predicted molar refractivity (Wildman–Crippen MR) is 115 cm³/mol. The van der Waals surface area contributed by atoms with Crippen LogP contribution in [0.1, 0.15) is 39.2 Å². The number of azo groups is 1. The Morgan fingerprint density at radius 1 is 1.22 bits per heavy atom. The summed E-state index contributed by atoms with van der Waals surface area (Å²) in [6.45, 7) is 5.80. The number of nitrogens with one attached hydrogen (secondary N) is 2. The fourth-order valence-corrected chi connectivity index (χ4v) is 5.23. The smallest absolute Gasteiger partial charge is 0.250 e. The summed E-state index contributed by atoms with van der Waals surface area (Å²) in [7, 11) is 0. The SMILES string of the molecule is CC[C@@]1(c2cccc(-c3ccncc3F)c2)C2=C(CC(C)(C)NC2=O)NC2N=NC(F)=C21. The van der Waals surface area contributed by atoms with Crippen molar-refractivity contribution in [3.05, 3.63) is 76.9 Å². The number of aromatic nitrogens is 1. The number of amides is 1. The van der Waals surface area contributed by atoms with E-state index in [1.54, 1.807) is 18.2 Å². The average Bonchev–Trinajstić information content (AvgIpc) is 3.12. The Kier molecular flexibility index (Phi) is 4.51. The Labute approximate surface area is 184 Å². The maximum absolute atomic E-state index is 15.1. The van der Waals surface area contributed by atoms with E-state index in [1.165, 1.54) is 6.20 Å². The molecule has 1 unspecified atom stereocenters. The molecule has 8 heteroatoms. The zero-order chi connectivity index (χ0) is 22.7. The van der Waals surface area contributed by atoms with Crippen LogP contribution in [0.15, 0.2) is 75.7 Å². The van der Waals surface area contributed by atoms with Crippen molar-refractivity contribution in [2.45, 2.75) is 50.7 Å². The molecule has 0 radical (unpaired) electrons. The summed E-state index contributed by atoms with van der Waals surface area (Å²) in [5.41, 5.74) is 1.69. The highest BCUT2D eigenvalue weighted by Crippen LogP contribution is 2.53. The molecule has 0 saturated carbocycles. The molecule has 2 atom stereocenters. The van der Waals surface area contributed by atoms with Crippen molar-refractivity contribution in [1.82, 2.24) is 15.6 Å². The quantitative estimate of drug-likeness (QED) is 0.688. The monoisotopic (exact) mass is 435 g/mol. The molecular weight excluding hydrogens is 412 g/mol. The zero-order valence-corrected chi connectivity index (χ0v) is 18.0. The van der Waals surface area contributed by atoms with Gasteiger partial charge in [0.25, 0.3) is 5.91 Å². The van der Waals surface area contributed by atoms with E-state index in [0.29, 0.717) is 40.7 Å². The lowest BCUT2D eigenvalue weighted by atomic mass is 9.62. The van der Waals surface area contributed by atoms with E-state index in [0.717, 1.165) is 11.9 Å². The van der Waals surface area contributed by atoms with Gasteiger partial charge in [-0.3, -0.25) is 9.78 Å². The van der Waals surface area contributed by atoms with Crippen molar-refractivity contribution in [2.75, 3.05) is 0 Å². The number of hydrogen-bond donors (Lipinski definition) is 2. The van der Waals surface area contributed by atoms with Crippen LogP contribution in [0.25, 0.3) is 11.1 Å². The van der Waals surface area contributed by atoms with Crippen LogP contribution in [0, 0.1) is 5.82 Å².